The zero-order valence-corrected chi connectivity index (χ0v) is 20.8. The monoisotopic (exact) mass is 499 g/mol. The Morgan fingerprint density at radius 2 is 1.89 bits per heavy atom. The van der Waals surface area contributed by atoms with Gasteiger partial charge in [-0.15, -0.1) is 0 Å². The van der Waals surface area contributed by atoms with Crippen molar-refractivity contribution in [2.45, 2.75) is 12.5 Å². The molecule has 1 amide bonds. The number of sulfone groups is 1. The largest absolute Gasteiger partial charge is 0.384 e. The van der Waals surface area contributed by atoms with E-state index < -0.39 is 9.84 Å². The molecular weight excluding hydrogens is 474 g/mol. The molecule has 0 bridgehead atoms. The number of nitrogens with zero attached hydrogens (tertiary/aromatic N) is 2. The van der Waals surface area contributed by atoms with Crippen molar-refractivity contribution in [1.82, 2.24) is 14.8 Å². The molecular formula is C28H25N3O4S. The van der Waals surface area contributed by atoms with Crippen LogP contribution in [0.5, 0.6) is 0 Å². The molecule has 0 fully saturated rings. The highest BCUT2D eigenvalue weighted by molar-refractivity contribution is 7.91. The molecule has 3 aliphatic rings. The molecule has 8 heteroatoms. The number of rotatable bonds is 3. The first-order chi connectivity index (χ1) is 17.2. The van der Waals surface area contributed by atoms with Gasteiger partial charge in [0.2, 0.25) is 0 Å². The summed E-state index contributed by atoms with van der Waals surface area (Å²) in [5, 5.41) is 5.45. The lowest BCUT2D eigenvalue weighted by Gasteiger charge is -2.31. The fraction of sp³-hybridized carbons (Fsp3) is 0.214. The second-order valence-corrected chi connectivity index (χ2v) is 11.8. The lowest BCUT2D eigenvalue weighted by molar-refractivity contribution is 0.0793. The van der Waals surface area contributed by atoms with Gasteiger partial charge in [-0.3, -0.25) is 9.59 Å². The molecule has 36 heavy (non-hydrogen) atoms. The molecule has 0 saturated carbocycles. The number of fused-ring (bicyclic) bond motifs is 3. The average molecular weight is 500 g/mol. The van der Waals surface area contributed by atoms with Crippen LogP contribution in [0.15, 0.2) is 82.9 Å². The molecule has 0 spiro atoms. The molecule has 2 aromatic carbocycles. The first-order valence-electron chi connectivity index (χ1n) is 11.8. The Balaban J connectivity index is 1.53. The Labute approximate surface area is 209 Å². The first-order valence-corrected chi connectivity index (χ1v) is 13.9. The predicted molar refractivity (Wildman–Crippen MR) is 141 cm³/mol. The van der Waals surface area contributed by atoms with Crippen molar-refractivity contribution in [3.8, 4) is 0 Å². The Hall–Kier alpha value is -3.91. The minimum atomic E-state index is -3.37. The standard InChI is InChI=1S/C28H25N3O4S/c1-30-12-10-22-21(16-36(2,34)35)14-20-15-31(23-9-11-29-26(24(20)23)25(22)28(30)33)27(32)19-8-7-17-5-3-4-6-18(17)13-19/h3-8,10,12-15,23,29H,9,11,16H2,1-2H3. The zero-order chi connectivity index (χ0) is 25.2. The SMILES string of the molecule is Cn1ccc2c(c1=O)C1=C3C(=CN(C(=O)c4ccc5ccccc5c4)C3CCN1)C=C2CS(C)(=O)=O. The van der Waals surface area contributed by atoms with Gasteiger partial charge in [0.15, 0.2) is 9.84 Å². The Morgan fingerprint density at radius 1 is 1.11 bits per heavy atom. The van der Waals surface area contributed by atoms with Crippen LogP contribution in [0.3, 0.4) is 0 Å². The number of aromatic nitrogens is 1. The van der Waals surface area contributed by atoms with Gasteiger partial charge in [0.25, 0.3) is 11.5 Å². The van der Waals surface area contributed by atoms with Crippen LogP contribution in [0.4, 0.5) is 0 Å². The van der Waals surface area contributed by atoms with E-state index in [4.69, 9.17) is 0 Å². The van der Waals surface area contributed by atoms with Crippen LogP contribution < -0.4 is 10.9 Å². The molecule has 2 aliphatic heterocycles. The number of amides is 1. The van der Waals surface area contributed by atoms with Gasteiger partial charge in [-0.05, 0) is 58.2 Å². The zero-order valence-electron chi connectivity index (χ0n) is 20.0. The Morgan fingerprint density at radius 3 is 2.67 bits per heavy atom. The molecule has 1 N–H and O–H groups in total. The highest BCUT2D eigenvalue weighted by Crippen LogP contribution is 2.43. The summed E-state index contributed by atoms with van der Waals surface area (Å²) in [7, 11) is -1.69. The normalized spacial score (nSPS) is 18.7. The summed E-state index contributed by atoms with van der Waals surface area (Å²) in [6.45, 7) is 0.588. The van der Waals surface area contributed by atoms with Crippen molar-refractivity contribution in [2.24, 2.45) is 7.05 Å². The molecule has 7 nitrogen and oxygen atoms in total. The van der Waals surface area contributed by atoms with Crippen molar-refractivity contribution in [3.05, 3.63) is 105 Å². The number of pyridine rings is 1. The number of carbonyl (C=O) groups is 1. The number of hydrogen-bond acceptors (Lipinski definition) is 5. The van der Waals surface area contributed by atoms with Gasteiger partial charge in [-0.25, -0.2) is 8.42 Å². The molecule has 0 radical (unpaired) electrons. The van der Waals surface area contributed by atoms with Crippen molar-refractivity contribution < 1.29 is 13.2 Å². The van der Waals surface area contributed by atoms with Crippen LogP contribution in [-0.4, -0.2) is 48.4 Å². The maximum Gasteiger partial charge on any atom is 0.260 e. The molecule has 3 aromatic rings. The minimum Gasteiger partial charge on any atom is -0.384 e. The van der Waals surface area contributed by atoms with E-state index in [2.05, 4.69) is 5.32 Å². The second kappa shape index (κ2) is 8.06. The van der Waals surface area contributed by atoms with Gasteiger partial charge < -0.3 is 14.8 Å². The van der Waals surface area contributed by atoms with E-state index >= 15 is 0 Å². The van der Waals surface area contributed by atoms with Crippen LogP contribution >= 0.6 is 0 Å². The van der Waals surface area contributed by atoms with E-state index in [1.165, 1.54) is 10.8 Å². The summed E-state index contributed by atoms with van der Waals surface area (Å²) in [6.07, 6.45) is 7.16. The van der Waals surface area contributed by atoms with Crippen LogP contribution in [0.2, 0.25) is 0 Å². The first kappa shape index (κ1) is 22.5. The molecule has 6 rings (SSSR count). The van der Waals surface area contributed by atoms with E-state index in [1.54, 1.807) is 24.2 Å². The van der Waals surface area contributed by atoms with E-state index in [0.717, 1.165) is 21.9 Å². The van der Waals surface area contributed by atoms with Crippen molar-refractivity contribution in [2.75, 3.05) is 18.6 Å². The highest BCUT2D eigenvalue weighted by Gasteiger charge is 2.40. The Bertz CT molecular complexity index is 1730. The third-order valence-corrected chi connectivity index (χ3v) is 7.93. The lowest BCUT2D eigenvalue weighted by Crippen LogP contribution is -2.41. The quantitative estimate of drug-likeness (QED) is 0.598. The number of hydrogen-bond donors (Lipinski definition) is 1. The summed E-state index contributed by atoms with van der Waals surface area (Å²) < 4.78 is 26.1. The number of benzene rings is 2. The number of aryl methyl sites for hydroxylation is 1. The average Bonchev–Trinajstić information content (AvgIpc) is 3.16. The summed E-state index contributed by atoms with van der Waals surface area (Å²) in [5.74, 6) is -0.326. The minimum absolute atomic E-state index is 0.126. The summed E-state index contributed by atoms with van der Waals surface area (Å²) in [5.41, 5.74) is 4.30. The van der Waals surface area contributed by atoms with Gasteiger partial charge in [-0.2, -0.15) is 0 Å². The summed E-state index contributed by atoms with van der Waals surface area (Å²) in [4.78, 5) is 28.8. The van der Waals surface area contributed by atoms with Crippen molar-refractivity contribution in [3.63, 3.8) is 0 Å². The van der Waals surface area contributed by atoms with Gasteiger partial charge >= 0.3 is 0 Å². The maximum absolute atomic E-state index is 13.8. The van der Waals surface area contributed by atoms with Crippen molar-refractivity contribution in [1.29, 1.82) is 0 Å². The topological polar surface area (TPSA) is 88.5 Å². The maximum atomic E-state index is 13.8. The van der Waals surface area contributed by atoms with E-state index in [9.17, 15) is 18.0 Å². The molecule has 0 saturated heterocycles. The fourth-order valence-electron chi connectivity index (χ4n) is 5.48. The highest BCUT2D eigenvalue weighted by atomic mass is 32.2. The van der Waals surface area contributed by atoms with E-state index in [0.29, 0.717) is 40.9 Å². The molecule has 1 aliphatic carbocycles. The second-order valence-electron chi connectivity index (χ2n) is 9.64. The number of nitrogens with one attached hydrogen (secondary N) is 1. The van der Waals surface area contributed by atoms with Gasteiger partial charge in [-0.1, -0.05) is 30.3 Å². The van der Waals surface area contributed by atoms with Crippen LogP contribution in [0.25, 0.3) is 22.0 Å². The fourth-order valence-corrected chi connectivity index (χ4v) is 6.28. The Kier molecular flexibility index (Phi) is 5.05. The summed E-state index contributed by atoms with van der Waals surface area (Å²) in [6, 6.07) is 15.1. The van der Waals surface area contributed by atoms with Crippen LogP contribution in [0, 0.1) is 0 Å². The predicted octanol–water partition coefficient (Wildman–Crippen LogP) is 3.09. The molecule has 1 unspecified atom stereocenters. The van der Waals surface area contributed by atoms with E-state index in [-0.39, 0.29) is 23.3 Å². The van der Waals surface area contributed by atoms with Crippen molar-refractivity contribution >= 4 is 37.8 Å². The van der Waals surface area contributed by atoms with Crippen LogP contribution in [0.1, 0.15) is 27.9 Å². The summed E-state index contributed by atoms with van der Waals surface area (Å²) >= 11 is 0. The number of carbonyl (C=O) groups excluding carboxylic acids is 1. The van der Waals surface area contributed by atoms with Gasteiger partial charge in [0, 0.05) is 43.4 Å². The van der Waals surface area contributed by atoms with E-state index in [1.807, 2.05) is 54.7 Å². The molecule has 1 aromatic heterocycles. The molecule has 182 valence electrons. The van der Waals surface area contributed by atoms with Gasteiger partial charge in [0.05, 0.1) is 23.1 Å². The number of allylic oxidation sites excluding steroid dienone is 1. The lowest BCUT2D eigenvalue weighted by atomic mass is 9.92. The van der Waals surface area contributed by atoms with Gasteiger partial charge in [0.1, 0.15) is 0 Å². The smallest absolute Gasteiger partial charge is 0.260 e. The molecule has 1 atom stereocenters. The third kappa shape index (κ3) is 3.60. The molecule has 3 heterocycles. The third-order valence-electron chi connectivity index (χ3n) is 7.09. The van der Waals surface area contributed by atoms with Crippen LogP contribution in [-0.2, 0) is 16.9 Å².